The van der Waals surface area contributed by atoms with Crippen LogP contribution in [-0.4, -0.2) is 59.2 Å². The van der Waals surface area contributed by atoms with E-state index in [-0.39, 0.29) is 28.8 Å². The number of hydrogen-bond acceptors (Lipinski definition) is 5. The molecule has 0 unspecified atom stereocenters. The molecule has 2 heterocycles. The molecule has 1 saturated heterocycles. The molecular formula is C22H28N2O5. The van der Waals surface area contributed by atoms with Crippen LogP contribution in [0.1, 0.15) is 77.5 Å². The standard InChI is InChI=1S/C22H28N2O5/c1-4-5-10-24-20(26)17-7-6-16(13-18(17)21(24)27)22(28)29-15(3)19(25)23-11-8-14(2)9-12-23/h6-7,13-15H,4-5,8-12H2,1-3H3/t15-/m1/s1. The van der Waals surface area contributed by atoms with Crippen molar-refractivity contribution in [3.63, 3.8) is 0 Å². The van der Waals surface area contributed by atoms with Crippen LogP contribution in [-0.2, 0) is 9.53 Å². The Morgan fingerprint density at radius 3 is 2.45 bits per heavy atom. The molecule has 0 aromatic heterocycles. The molecule has 29 heavy (non-hydrogen) atoms. The van der Waals surface area contributed by atoms with E-state index in [0.29, 0.717) is 31.1 Å². The van der Waals surface area contributed by atoms with Crippen molar-refractivity contribution in [1.82, 2.24) is 9.80 Å². The first-order chi connectivity index (χ1) is 13.8. The number of unbranched alkanes of at least 4 members (excludes halogenated alkanes) is 1. The molecule has 1 fully saturated rings. The normalized spacial score (nSPS) is 18.0. The second-order valence-electron chi connectivity index (χ2n) is 7.93. The molecule has 0 spiro atoms. The molecule has 7 heteroatoms. The number of imide groups is 1. The van der Waals surface area contributed by atoms with E-state index in [2.05, 4.69) is 6.92 Å². The summed E-state index contributed by atoms with van der Waals surface area (Å²) in [5, 5.41) is 0. The van der Waals surface area contributed by atoms with Crippen LogP contribution in [0, 0.1) is 5.92 Å². The molecule has 3 amide bonds. The lowest BCUT2D eigenvalue weighted by molar-refractivity contribution is -0.141. The van der Waals surface area contributed by atoms with Gasteiger partial charge in [0.2, 0.25) is 0 Å². The van der Waals surface area contributed by atoms with E-state index >= 15 is 0 Å². The van der Waals surface area contributed by atoms with Crippen LogP contribution >= 0.6 is 0 Å². The second-order valence-corrected chi connectivity index (χ2v) is 7.93. The minimum Gasteiger partial charge on any atom is -0.449 e. The van der Waals surface area contributed by atoms with E-state index in [1.54, 1.807) is 11.8 Å². The number of esters is 1. The van der Waals surface area contributed by atoms with Gasteiger partial charge in [0, 0.05) is 19.6 Å². The second kappa shape index (κ2) is 8.76. The van der Waals surface area contributed by atoms with Gasteiger partial charge in [0.15, 0.2) is 6.10 Å². The van der Waals surface area contributed by atoms with E-state index in [4.69, 9.17) is 4.74 Å². The fourth-order valence-electron chi connectivity index (χ4n) is 3.70. The fraction of sp³-hybridized carbons (Fsp3) is 0.545. The largest absolute Gasteiger partial charge is 0.449 e. The predicted octanol–water partition coefficient (Wildman–Crippen LogP) is 2.89. The monoisotopic (exact) mass is 400 g/mol. The highest BCUT2D eigenvalue weighted by atomic mass is 16.5. The zero-order valence-electron chi connectivity index (χ0n) is 17.3. The summed E-state index contributed by atoms with van der Waals surface area (Å²) in [6.07, 6.45) is 2.59. The molecule has 0 N–H and O–H groups in total. The summed E-state index contributed by atoms with van der Waals surface area (Å²) in [5.74, 6) is -1.00. The van der Waals surface area contributed by atoms with Crippen LogP contribution in [0.15, 0.2) is 18.2 Å². The number of hydrogen-bond donors (Lipinski definition) is 0. The summed E-state index contributed by atoms with van der Waals surface area (Å²) in [6, 6.07) is 4.34. The molecule has 1 aromatic rings. The maximum Gasteiger partial charge on any atom is 0.338 e. The Bertz CT molecular complexity index is 826. The summed E-state index contributed by atoms with van der Waals surface area (Å²) in [6.45, 7) is 7.42. The van der Waals surface area contributed by atoms with Gasteiger partial charge < -0.3 is 9.64 Å². The summed E-state index contributed by atoms with van der Waals surface area (Å²) in [7, 11) is 0. The molecule has 7 nitrogen and oxygen atoms in total. The number of amides is 3. The first-order valence-electron chi connectivity index (χ1n) is 10.3. The third-order valence-electron chi connectivity index (χ3n) is 5.67. The van der Waals surface area contributed by atoms with Gasteiger partial charge in [-0.2, -0.15) is 0 Å². The predicted molar refractivity (Wildman–Crippen MR) is 107 cm³/mol. The zero-order valence-corrected chi connectivity index (χ0v) is 17.3. The summed E-state index contributed by atoms with van der Waals surface area (Å²) in [4.78, 5) is 53.0. The van der Waals surface area contributed by atoms with Crippen molar-refractivity contribution in [3.8, 4) is 0 Å². The third kappa shape index (κ3) is 4.33. The minimum absolute atomic E-state index is 0.161. The van der Waals surface area contributed by atoms with Gasteiger partial charge in [-0.05, 0) is 50.3 Å². The third-order valence-corrected chi connectivity index (χ3v) is 5.67. The number of ether oxygens (including phenoxy) is 1. The number of carbonyl (C=O) groups is 4. The molecule has 0 bridgehead atoms. The lowest BCUT2D eigenvalue weighted by atomic mass is 9.99. The number of piperidine rings is 1. The Labute approximate surface area is 171 Å². The van der Waals surface area contributed by atoms with E-state index in [0.717, 1.165) is 25.7 Å². The molecule has 3 rings (SSSR count). The van der Waals surface area contributed by atoms with Gasteiger partial charge in [0.1, 0.15) is 0 Å². The van der Waals surface area contributed by atoms with Crippen molar-refractivity contribution in [2.45, 2.75) is 52.6 Å². The number of fused-ring (bicyclic) bond motifs is 1. The highest BCUT2D eigenvalue weighted by Crippen LogP contribution is 2.25. The number of nitrogens with zero attached hydrogens (tertiary/aromatic N) is 2. The van der Waals surface area contributed by atoms with Gasteiger partial charge >= 0.3 is 5.97 Å². The van der Waals surface area contributed by atoms with Crippen LogP contribution in [0.25, 0.3) is 0 Å². The Balaban J connectivity index is 1.67. The van der Waals surface area contributed by atoms with Crippen molar-refractivity contribution < 1.29 is 23.9 Å². The summed E-state index contributed by atoms with van der Waals surface area (Å²) >= 11 is 0. The highest BCUT2D eigenvalue weighted by molar-refractivity contribution is 6.22. The highest BCUT2D eigenvalue weighted by Gasteiger charge is 2.36. The lowest BCUT2D eigenvalue weighted by Gasteiger charge is -2.31. The molecule has 2 aliphatic heterocycles. The van der Waals surface area contributed by atoms with Crippen molar-refractivity contribution >= 4 is 23.7 Å². The van der Waals surface area contributed by atoms with Crippen LogP contribution < -0.4 is 0 Å². The maximum absolute atomic E-state index is 12.5. The number of benzene rings is 1. The maximum atomic E-state index is 12.5. The zero-order chi connectivity index (χ0) is 21.1. The van der Waals surface area contributed by atoms with E-state index < -0.39 is 12.1 Å². The average Bonchev–Trinajstić information content (AvgIpc) is 2.96. The quantitative estimate of drug-likeness (QED) is 0.542. The van der Waals surface area contributed by atoms with Crippen LogP contribution in [0.2, 0.25) is 0 Å². The van der Waals surface area contributed by atoms with Crippen molar-refractivity contribution in [2.75, 3.05) is 19.6 Å². The van der Waals surface area contributed by atoms with Crippen molar-refractivity contribution in [3.05, 3.63) is 34.9 Å². The van der Waals surface area contributed by atoms with Crippen LogP contribution in [0.5, 0.6) is 0 Å². The smallest absolute Gasteiger partial charge is 0.338 e. The van der Waals surface area contributed by atoms with Gasteiger partial charge in [-0.1, -0.05) is 20.3 Å². The van der Waals surface area contributed by atoms with Gasteiger partial charge in [0.25, 0.3) is 17.7 Å². The topological polar surface area (TPSA) is 84.0 Å². The van der Waals surface area contributed by atoms with Crippen molar-refractivity contribution in [1.29, 1.82) is 0 Å². The van der Waals surface area contributed by atoms with E-state index in [9.17, 15) is 19.2 Å². The minimum atomic E-state index is -0.900. The molecule has 1 aromatic carbocycles. The molecule has 2 aliphatic rings. The Morgan fingerprint density at radius 2 is 1.79 bits per heavy atom. The fourth-order valence-corrected chi connectivity index (χ4v) is 3.70. The van der Waals surface area contributed by atoms with Crippen molar-refractivity contribution in [2.24, 2.45) is 5.92 Å². The van der Waals surface area contributed by atoms with Gasteiger partial charge in [0.05, 0.1) is 16.7 Å². The van der Waals surface area contributed by atoms with Crippen LogP contribution in [0.4, 0.5) is 0 Å². The van der Waals surface area contributed by atoms with E-state index in [1.165, 1.54) is 23.1 Å². The van der Waals surface area contributed by atoms with Gasteiger partial charge in [-0.15, -0.1) is 0 Å². The molecule has 1 atom stereocenters. The Morgan fingerprint density at radius 1 is 1.14 bits per heavy atom. The first-order valence-corrected chi connectivity index (χ1v) is 10.3. The molecule has 0 aliphatic carbocycles. The van der Waals surface area contributed by atoms with E-state index in [1.807, 2.05) is 6.92 Å². The van der Waals surface area contributed by atoms with Gasteiger partial charge in [-0.25, -0.2) is 4.79 Å². The molecule has 0 radical (unpaired) electrons. The summed E-state index contributed by atoms with van der Waals surface area (Å²) in [5.41, 5.74) is 0.674. The summed E-state index contributed by atoms with van der Waals surface area (Å²) < 4.78 is 5.35. The number of likely N-dealkylation sites (tertiary alicyclic amines) is 1. The molecule has 0 saturated carbocycles. The Kier molecular flexibility index (Phi) is 6.35. The number of carbonyl (C=O) groups excluding carboxylic acids is 4. The molecule has 156 valence electrons. The first kappa shape index (κ1) is 21.0. The average molecular weight is 400 g/mol. The Hall–Kier alpha value is -2.70. The van der Waals surface area contributed by atoms with Crippen LogP contribution in [0.3, 0.4) is 0 Å². The SMILES string of the molecule is CCCCN1C(=O)c2ccc(C(=O)O[C@H](C)C(=O)N3CCC(C)CC3)cc2C1=O. The van der Waals surface area contributed by atoms with Gasteiger partial charge in [-0.3, -0.25) is 19.3 Å². The molecular weight excluding hydrogens is 372 g/mol. The number of rotatable bonds is 6. The lowest BCUT2D eigenvalue weighted by Crippen LogP contribution is -2.44.